The van der Waals surface area contributed by atoms with Crippen molar-refractivity contribution in [1.29, 1.82) is 0 Å². The Bertz CT molecular complexity index is 589. The van der Waals surface area contributed by atoms with E-state index in [9.17, 15) is 0 Å². The number of hydrogen-bond donors (Lipinski definition) is 1. The Balaban J connectivity index is 2.22. The van der Waals surface area contributed by atoms with Crippen LogP contribution in [0.5, 0.6) is 5.75 Å². The minimum absolute atomic E-state index is 0.411. The van der Waals surface area contributed by atoms with Crippen LogP contribution >= 0.6 is 0 Å². The molecular weight excluding hydrogens is 262 g/mol. The number of rotatable bonds is 6. The molecule has 0 radical (unpaired) electrons. The molecule has 1 aromatic heterocycles. The first-order chi connectivity index (χ1) is 9.97. The van der Waals surface area contributed by atoms with Crippen LogP contribution in [0.3, 0.4) is 0 Å². The normalized spacial score (nSPS) is 15.5. The number of hydrogen-bond acceptors (Lipinski definition) is 3. The Kier molecular flexibility index (Phi) is 4.68. The molecule has 4 nitrogen and oxygen atoms in total. The van der Waals surface area contributed by atoms with E-state index in [0.29, 0.717) is 12.5 Å². The van der Waals surface area contributed by atoms with Gasteiger partial charge in [-0.1, -0.05) is 25.1 Å². The Morgan fingerprint density at radius 3 is 2.71 bits per heavy atom. The van der Waals surface area contributed by atoms with E-state index in [0.717, 1.165) is 23.4 Å². The summed E-state index contributed by atoms with van der Waals surface area (Å²) in [6, 6.07) is 10.4. The molecule has 0 amide bonds. The van der Waals surface area contributed by atoms with Gasteiger partial charge in [-0.25, -0.2) is 0 Å². The first kappa shape index (κ1) is 15.6. The minimum atomic E-state index is -0.513. The second-order valence-electron chi connectivity index (χ2n) is 5.84. The van der Waals surface area contributed by atoms with E-state index < -0.39 is 5.54 Å². The lowest BCUT2D eigenvalue weighted by atomic mass is 9.88. The first-order valence-electron chi connectivity index (χ1n) is 7.44. The van der Waals surface area contributed by atoms with Crippen LogP contribution < -0.4 is 10.5 Å². The lowest BCUT2D eigenvalue weighted by molar-refractivity contribution is 0.384. The molecule has 0 saturated heterocycles. The number of ether oxygens (including phenoxy) is 1. The fraction of sp³-hybridized carbons (Fsp3) is 0.471. The van der Waals surface area contributed by atoms with E-state index in [2.05, 4.69) is 18.9 Å². The lowest BCUT2D eigenvalue weighted by Crippen LogP contribution is -2.36. The molecule has 114 valence electrons. The van der Waals surface area contributed by atoms with Gasteiger partial charge in [-0.05, 0) is 32.4 Å². The SMILES string of the molecule is CCC(C)n1ccc(CC(C)(N)c2ccccc2OC)n1. The highest BCUT2D eigenvalue weighted by molar-refractivity contribution is 5.39. The zero-order valence-electron chi connectivity index (χ0n) is 13.3. The van der Waals surface area contributed by atoms with E-state index in [4.69, 9.17) is 10.5 Å². The fourth-order valence-corrected chi connectivity index (χ4v) is 2.49. The maximum Gasteiger partial charge on any atom is 0.123 e. The molecular formula is C17H25N3O. The molecule has 0 bridgehead atoms. The second-order valence-corrected chi connectivity index (χ2v) is 5.84. The van der Waals surface area contributed by atoms with Crippen molar-refractivity contribution in [3.63, 3.8) is 0 Å². The molecule has 1 heterocycles. The van der Waals surface area contributed by atoms with Gasteiger partial charge in [0.05, 0.1) is 12.8 Å². The molecule has 2 aromatic rings. The summed E-state index contributed by atoms with van der Waals surface area (Å²) in [4.78, 5) is 0. The number of benzene rings is 1. The Morgan fingerprint density at radius 1 is 1.33 bits per heavy atom. The zero-order chi connectivity index (χ0) is 15.5. The monoisotopic (exact) mass is 287 g/mol. The number of aromatic nitrogens is 2. The summed E-state index contributed by atoms with van der Waals surface area (Å²) in [5.74, 6) is 0.823. The number of nitrogens with zero attached hydrogens (tertiary/aromatic N) is 2. The average Bonchev–Trinajstić information content (AvgIpc) is 2.94. The van der Waals surface area contributed by atoms with Crippen LogP contribution in [0.25, 0.3) is 0 Å². The predicted octanol–water partition coefficient (Wildman–Crippen LogP) is 3.28. The van der Waals surface area contributed by atoms with Crippen molar-refractivity contribution in [2.45, 2.75) is 45.2 Å². The molecule has 2 N–H and O–H groups in total. The van der Waals surface area contributed by atoms with Crippen LogP contribution in [-0.2, 0) is 12.0 Å². The van der Waals surface area contributed by atoms with E-state index in [1.165, 1.54) is 0 Å². The van der Waals surface area contributed by atoms with E-state index in [1.807, 2.05) is 48.1 Å². The highest BCUT2D eigenvalue weighted by Gasteiger charge is 2.26. The fourth-order valence-electron chi connectivity index (χ4n) is 2.49. The summed E-state index contributed by atoms with van der Waals surface area (Å²) in [7, 11) is 1.67. The van der Waals surface area contributed by atoms with Gasteiger partial charge in [0, 0.05) is 29.8 Å². The van der Waals surface area contributed by atoms with Gasteiger partial charge in [-0.2, -0.15) is 5.10 Å². The van der Waals surface area contributed by atoms with Crippen molar-refractivity contribution in [2.24, 2.45) is 5.73 Å². The standard InChI is InChI=1S/C17H25N3O/c1-5-13(2)20-11-10-14(19-20)12-17(3,18)15-8-6-7-9-16(15)21-4/h6-11,13H,5,12,18H2,1-4H3. The molecule has 21 heavy (non-hydrogen) atoms. The minimum Gasteiger partial charge on any atom is -0.496 e. The van der Waals surface area contributed by atoms with Crippen molar-refractivity contribution in [3.8, 4) is 5.75 Å². The predicted molar refractivity (Wildman–Crippen MR) is 85.5 cm³/mol. The molecule has 2 atom stereocenters. The third kappa shape index (κ3) is 3.45. The smallest absolute Gasteiger partial charge is 0.123 e. The summed E-state index contributed by atoms with van der Waals surface area (Å²) >= 11 is 0. The highest BCUT2D eigenvalue weighted by Crippen LogP contribution is 2.30. The zero-order valence-corrected chi connectivity index (χ0v) is 13.3. The molecule has 2 rings (SSSR count). The largest absolute Gasteiger partial charge is 0.496 e. The van der Waals surface area contributed by atoms with Gasteiger partial charge in [0.15, 0.2) is 0 Å². The maximum atomic E-state index is 6.54. The second kappa shape index (κ2) is 6.31. The molecule has 0 aliphatic carbocycles. The van der Waals surface area contributed by atoms with Gasteiger partial charge in [0.25, 0.3) is 0 Å². The highest BCUT2D eigenvalue weighted by atomic mass is 16.5. The van der Waals surface area contributed by atoms with Gasteiger partial charge >= 0.3 is 0 Å². The van der Waals surface area contributed by atoms with Gasteiger partial charge in [0.2, 0.25) is 0 Å². The quantitative estimate of drug-likeness (QED) is 0.887. The van der Waals surface area contributed by atoms with Gasteiger partial charge in [-0.3, -0.25) is 4.68 Å². The summed E-state index contributed by atoms with van der Waals surface area (Å²) < 4.78 is 7.43. The summed E-state index contributed by atoms with van der Waals surface area (Å²) in [5.41, 5.74) is 8.03. The number of nitrogens with two attached hydrogens (primary N) is 1. The molecule has 0 aliphatic rings. The number of para-hydroxylation sites is 1. The summed E-state index contributed by atoms with van der Waals surface area (Å²) in [5, 5.41) is 4.64. The van der Waals surface area contributed by atoms with Crippen LogP contribution in [0.2, 0.25) is 0 Å². The van der Waals surface area contributed by atoms with Crippen molar-refractivity contribution < 1.29 is 4.74 Å². The Hall–Kier alpha value is -1.81. The van der Waals surface area contributed by atoms with Crippen LogP contribution in [0.4, 0.5) is 0 Å². The first-order valence-corrected chi connectivity index (χ1v) is 7.44. The van der Waals surface area contributed by atoms with Gasteiger partial charge < -0.3 is 10.5 Å². The Morgan fingerprint density at radius 2 is 2.05 bits per heavy atom. The molecule has 0 saturated carbocycles. The molecule has 4 heteroatoms. The van der Waals surface area contributed by atoms with Crippen molar-refractivity contribution in [2.75, 3.05) is 7.11 Å². The van der Waals surface area contributed by atoms with E-state index in [-0.39, 0.29) is 0 Å². The van der Waals surface area contributed by atoms with E-state index >= 15 is 0 Å². The topological polar surface area (TPSA) is 53.1 Å². The van der Waals surface area contributed by atoms with Gasteiger partial charge in [0.1, 0.15) is 5.75 Å². The average molecular weight is 287 g/mol. The molecule has 0 spiro atoms. The molecule has 0 fully saturated rings. The summed E-state index contributed by atoms with van der Waals surface area (Å²) in [6.45, 7) is 6.35. The van der Waals surface area contributed by atoms with Crippen LogP contribution in [-0.4, -0.2) is 16.9 Å². The van der Waals surface area contributed by atoms with Gasteiger partial charge in [-0.15, -0.1) is 0 Å². The third-order valence-corrected chi connectivity index (χ3v) is 3.98. The summed E-state index contributed by atoms with van der Waals surface area (Å²) in [6.07, 6.45) is 3.77. The Labute approximate surface area is 126 Å². The molecule has 1 aromatic carbocycles. The lowest BCUT2D eigenvalue weighted by Gasteiger charge is -2.26. The van der Waals surface area contributed by atoms with Crippen LogP contribution in [0.15, 0.2) is 36.5 Å². The van der Waals surface area contributed by atoms with Crippen LogP contribution in [0, 0.1) is 0 Å². The molecule has 0 aliphatic heterocycles. The van der Waals surface area contributed by atoms with Crippen molar-refractivity contribution >= 4 is 0 Å². The maximum absolute atomic E-state index is 6.54. The van der Waals surface area contributed by atoms with Crippen molar-refractivity contribution in [3.05, 3.63) is 47.8 Å². The van der Waals surface area contributed by atoms with Crippen molar-refractivity contribution in [1.82, 2.24) is 9.78 Å². The van der Waals surface area contributed by atoms with E-state index in [1.54, 1.807) is 7.11 Å². The molecule has 2 unspecified atom stereocenters. The third-order valence-electron chi connectivity index (χ3n) is 3.98. The van der Waals surface area contributed by atoms with Crippen LogP contribution in [0.1, 0.15) is 44.5 Å². The number of methoxy groups -OCH3 is 1.